The van der Waals surface area contributed by atoms with Crippen LogP contribution in [0.25, 0.3) is 22.0 Å². The van der Waals surface area contributed by atoms with E-state index in [9.17, 15) is 0 Å². The fourth-order valence-electron chi connectivity index (χ4n) is 3.84. The molecule has 0 fully saturated rings. The standard InChI is InChI=1S/C22H22N2O/c1-14-10-15(2)21(16(3)11-14)19-8-7-17(12-18-6-5-9-25-18)20-13-24(4)23-22(19)20/h5-11,13H,12H2,1-4H3. The Hall–Kier alpha value is -2.81. The lowest BCUT2D eigenvalue weighted by atomic mass is 9.91. The lowest BCUT2D eigenvalue weighted by Gasteiger charge is -2.13. The fraction of sp³-hybridized carbons (Fsp3) is 0.227. The van der Waals surface area contributed by atoms with Gasteiger partial charge in [0.25, 0.3) is 0 Å². The number of aryl methyl sites for hydroxylation is 4. The first-order chi connectivity index (χ1) is 12.0. The number of hydrogen-bond donors (Lipinski definition) is 0. The Balaban J connectivity index is 1.93. The number of hydrogen-bond acceptors (Lipinski definition) is 2. The summed E-state index contributed by atoms with van der Waals surface area (Å²) in [5, 5.41) is 5.96. The van der Waals surface area contributed by atoms with Gasteiger partial charge >= 0.3 is 0 Å². The van der Waals surface area contributed by atoms with Crippen molar-refractivity contribution in [3.8, 4) is 11.1 Å². The maximum atomic E-state index is 5.53. The Morgan fingerprint density at radius 1 is 1.04 bits per heavy atom. The summed E-state index contributed by atoms with van der Waals surface area (Å²) in [6.07, 6.45) is 4.61. The Labute approximate surface area is 147 Å². The van der Waals surface area contributed by atoms with Gasteiger partial charge in [-0.1, -0.05) is 29.8 Å². The summed E-state index contributed by atoms with van der Waals surface area (Å²) < 4.78 is 7.43. The zero-order chi connectivity index (χ0) is 17.6. The Morgan fingerprint density at radius 3 is 2.48 bits per heavy atom. The van der Waals surface area contributed by atoms with Crippen molar-refractivity contribution in [1.29, 1.82) is 0 Å². The van der Waals surface area contributed by atoms with Crippen LogP contribution in [0.1, 0.15) is 28.0 Å². The summed E-state index contributed by atoms with van der Waals surface area (Å²) in [7, 11) is 1.98. The Kier molecular flexibility index (Phi) is 3.72. The van der Waals surface area contributed by atoms with Gasteiger partial charge in [-0.25, -0.2) is 0 Å². The van der Waals surface area contributed by atoms with Crippen molar-refractivity contribution in [3.05, 3.63) is 76.9 Å². The van der Waals surface area contributed by atoms with Gasteiger partial charge < -0.3 is 4.42 Å². The van der Waals surface area contributed by atoms with E-state index in [4.69, 9.17) is 9.52 Å². The van der Waals surface area contributed by atoms with Gasteiger partial charge in [-0.05, 0) is 55.2 Å². The van der Waals surface area contributed by atoms with Crippen LogP contribution in [0.2, 0.25) is 0 Å². The highest BCUT2D eigenvalue weighted by Crippen LogP contribution is 2.35. The van der Waals surface area contributed by atoms with Crippen LogP contribution < -0.4 is 0 Å². The van der Waals surface area contributed by atoms with Crippen molar-refractivity contribution >= 4 is 10.9 Å². The number of fused-ring (bicyclic) bond motifs is 1. The molecule has 0 aliphatic rings. The Morgan fingerprint density at radius 2 is 1.80 bits per heavy atom. The molecular formula is C22H22N2O. The number of nitrogens with zero attached hydrogens (tertiary/aromatic N) is 2. The molecule has 2 aromatic carbocycles. The molecule has 0 aliphatic heterocycles. The SMILES string of the molecule is Cc1cc(C)c(-c2ccc(Cc3ccco3)c3cn(C)nc23)c(C)c1. The van der Waals surface area contributed by atoms with Crippen LogP contribution in [-0.2, 0) is 13.5 Å². The average molecular weight is 330 g/mol. The normalized spacial score (nSPS) is 11.4. The average Bonchev–Trinajstić information content (AvgIpc) is 3.17. The Bertz CT molecular complexity index is 1030. The van der Waals surface area contributed by atoms with E-state index in [0.717, 1.165) is 17.7 Å². The quantitative estimate of drug-likeness (QED) is 0.507. The van der Waals surface area contributed by atoms with Gasteiger partial charge in [0.2, 0.25) is 0 Å². The predicted molar refractivity (Wildman–Crippen MR) is 102 cm³/mol. The van der Waals surface area contributed by atoms with E-state index in [1.165, 1.54) is 38.8 Å². The molecule has 126 valence electrons. The second-order valence-corrected chi connectivity index (χ2v) is 6.87. The zero-order valence-electron chi connectivity index (χ0n) is 15.1. The number of benzene rings is 2. The summed E-state index contributed by atoms with van der Waals surface area (Å²) in [6.45, 7) is 6.51. The second-order valence-electron chi connectivity index (χ2n) is 6.87. The van der Waals surface area contributed by atoms with Crippen molar-refractivity contribution in [2.24, 2.45) is 7.05 Å². The molecule has 25 heavy (non-hydrogen) atoms. The highest BCUT2D eigenvalue weighted by Gasteiger charge is 2.15. The van der Waals surface area contributed by atoms with Gasteiger partial charge in [-0.3, -0.25) is 4.68 Å². The van der Waals surface area contributed by atoms with E-state index >= 15 is 0 Å². The van der Waals surface area contributed by atoms with Crippen molar-refractivity contribution < 1.29 is 4.42 Å². The number of furan rings is 1. The van der Waals surface area contributed by atoms with Crippen molar-refractivity contribution in [1.82, 2.24) is 9.78 Å². The molecule has 4 rings (SSSR count). The van der Waals surface area contributed by atoms with Crippen LogP contribution in [0.4, 0.5) is 0 Å². The molecule has 0 N–H and O–H groups in total. The second kappa shape index (κ2) is 5.92. The predicted octanol–water partition coefficient (Wildman–Crippen LogP) is 5.35. The van der Waals surface area contributed by atoms with Crippen LogP contribution in [0.3, 0.4) is 0 Å². The van der Waals surface area contributed by atoms with E-state index < -0.39 is 0 Å². The minimum atomic E-state index is 0.779. The summed E-state index contributed by atoms with van der Waals surface area (Å²) >= 11 is 0. The van der Waals surface area contributed by atoms with Crippen LogP contribution in [0.5, 0.6) is 0 Å². The molecule has 4 aromatic rings. The van der Waals surface area contributed by atoms with E-state index in [1.807, 2.05) is 23.9 Å². The molecule has 0 saturated carbocycles. The third kappa shape index (κ3) is 2.76. The first kappa shape index (κ1) is 15.7. The third-order valence-electron chi connectivity index (χ3n) is 4.77. The third-order valence-corrected chi connectivity index (χ3v) is 4.77. The highest BCUT2D eigenvalue weighted by molar-refractivity contribution is 5.97. The smallest absolute Gasteiger partial charge is 0.108 e. The lowest BCUT2D eigenvalue weighted by molar-refractivity contribution is 0.521. The van der Waals surface area contributed by atoms with Crippen molar-refractivity contribution in [3.63, 3.8) is 0 Å². The monoisotopic (exact) mass is 330 g/mol. The van der Waals surface area contributed by atoms with Crippen LogP contribution >= 0.6 is 0 Å². The van der Waals surface area contributed by atoms with Crippen molar-refractivity contribution in [2.75, 3.05) is 0 Å². The molecule has 0 radical (unpaired) electrons. The van der Waals surface area contributed by atoms with Gasteiger partial charge in [0, 0.05) is 30.6 Å². The number of rotatable bonds is 3. The topological polar surface area (TPSA) is 31.0 Å². The summed E-state index contributed by atoms with van der Waals surface area (Å²) in [5.41, 5.74) is 8.68. The summed E-state index contributed by atoms with van der Waals surface area (Å²) in [5.74, 6) is 0.973. The highest BCUT2D eigenvalue weighted by atomic mass is 16.3. The first-order valence-corrected chi connectivity index (χ1v) is 8.59. The van der Waals surface area contributed by atoms with Crippen LogP contribution in [0.15, 0.2) is 53.3 Å². The fourth-order valence-corrected chi connectivity index (χ4v) is 3.84. The molecule has 0 atom stereocenters. The molecular weight excluding hydrogens is 308 g/mol. The van der Waals surface area contributed by atoms with Gasteiger partial charge in [0.05, 0.1) is 6.26 Å². The van der Waals surface area contributed by atoms with E-state index in [0.29, 0.717) is 0 Å². The molecule has 2 aromatic heterocycles. The summed E-state index contributed by atoms with van der Waals surface area (Å²) in [6, 6.07) is 12.9. The molecule has 0 unspecified atom stereocenters. The van der Waals surface area contributed by atoms with Gasteiger partial charge in [-0.2, -0.15) is 5.10 Å². The molecule has 3 nitrogen and oxygen atoms in total. The van der Waals surface area contributed by atoms with Gasteiger partial charge in [-0.15, -0.1) is 0 Å². The van der Waals surface area contributed by atoms with E-state index in [2.05, 4.69) is 51.2 Å². The number of aromatic nitrogens is 2. The van der Waals surface area contributed by atoms with Crippen molar-refractivity contribution in [2.45, 2.75) is 27.2 Å². The minimum absolute atomic E-state index is 0.779. The van der Waals surface area contributed by atoms with E-state index in [1.54, 1.807) is 6.26 Å². The maximum Gasteiger partial charge on any atom is 0.108 e. The molecule has 0 amide bonds. The maximum absolute atomic E-state index is 5.53. The molecule has 0 saturated heterocycles. The molecule has 2 heterocycles. The van der Waals surface area contributed by atoms with Crippen LogP contribution in [0, 0.1) is 20.8 Å². The first-order valence-electron chi connectivity index (χ1n) is 8.59. The summed E-state index contributed by atoms with van der Waals surface area (Å²) in [4.78, 5) is 0. The van der Waals surface area contributed by atoms with Gasteiger partial charge in [0.15, 0.2) is 0 Å². The molecule has 3 heteroatoms. The van der Waals surface area contributed by atoms with Crippen LogP contribution in [-0.4, -0.2) is 9.78 Å². The zero-order valence-corrected chi connectivity index (χ0v) is 15.1. The molecule has 0 spiro atoms. The lowest BCUT2D eigenvalue weighted by Crippen LogP contribution is -1.94. The minimum Gasteiger partial charge on any atom is -0.469 e. The largest absolute Gasteiger partial charge is 0.469 e. The van der Waals surface area contributed by atoms with E-state index in [-0.39, 0.29) is 0 Å². The molecule has 0 aliphatic carbocycles. The van der Waals surface area contributed by atoms with Gasteiger partial charge in [0.1, 0.15) is 11.3 Å². The molecule has 0 bridgehead atoms.